The van der Waals surface area contributed by atoms with Crippen molar-refractivity contribution in [1.29, 1.82) is 0 Å². The Kier molecular flexibility index (Phi) is 4.73. The number of hydrogen-bond donors (Lipinski definition) is 1. The van der Waals surface area contributed by atoms with Gasteiger partial charge in [0.1, 0.15) is 0 Å². The normalized spacial score (nSPS) is 10.7. The van der Waals surface area contributed by atoms with E-state index in [0.29, 0.717) is 6.54 Å². The second-order valence-corrected chi connectivity index (χ2v) is 5.13. The van der Waals surface area contributed by atoms with Crippen LogP contribution in [0.5, 0.6) is 0 Å². The summed E-state index contributed by atoms with van der Waals surface area (Å²) in [4.78, 5) is 12.9. The summed E-state index contributed by atoms with van der Waals surface area (Å²) in [5.74, 6) is 0. The van der Waals surface area contributed by atoms with Gasteiger partial charge < -0.3 is 9.88 Å². The van der Waals surface area contributed by atoms with Gasteiger partial charge in [-0.15, -0.1) is 11.3 Å². The van der Waals surface area contributed by atoms with E-state index in [1.807, 2.05) is 12.3 Å². The molecule has 0 bridgehead atoms. The van der Waals surface area contributed by atoms with E-state index in [1.165, 1.54) is 10.4 Å². The van der Waals surface area contributed by atoms with Gasteiger partial charge in [0.2, 0.25) is 0 Å². The van der Waals surface area contributed by atoms with Gasteiger partial charge >= 0.3 is 0 Å². The highest BCUT2D eigenvalue weighted by molar-refractivity contribution is 7.10. The van der Waals surface area contributed by atoms with Gasteiger partial charge in [-0.3, -0.25) is 4.79 Å². The van der Waals surface area contributed by atoms with Crippen molar-refractivity contribution in [3.63, 3.8) is 0 Å². The third kappa shape index (κ3) is 3.31. The summed E-state index contributed by atoms with van der Waals surface area (Å²) in [6.45, 7) is 4.59. The van der Waals surface area contributed by atoms with E-state index in [0.717, 1.165) is 19.5 Å². The summed E-state index contributed by atoms with van der Waals surface area (Å²) in [5.41, 5.74) is 1.48. The first-order valence-electron chi connectivity index (χ1n) is 6.22. The molecule has 0 saturated carbocycles. The second kappa shape index (κ2) is 6.52. The SMILES string of the molecule is CCc1ccsc1CNCCn1ccccc1=O. The van der Waals surface area contributed by atoms with Crippen LogP contribution in [-0.4, -0.2) is 11.1 Å². The molecule has 0 aromatic carbocycles. The number of thiophene rings is 1. The first-order valence-corrected chi connectivity index (χ1v) is 7.10. The third-order valence-electron chi connectivity index (χ3n) is 2.93. The van der Waals surface area contributed by atoms with E-state index in [4.69, 9.17) is 0 Å². The predicted molar refractivity (Wildman–Crippen MR) is 76.1 cm³/mol. The lowest BCUT2D eigenvalue weighted by atomic mass is 10.2. The lowest BCUT2D eigenvalue weighted by Gasteiger charge is -2.07. The fourth-order valence-corrected chi connectivity index (χ4v) is 2.83. The number of pyridine rings is 1. The molecular weight excluding hydrogens is 244 g/mol. The monoisotopic (exact) mass is 262 g/mol. The Morgan fingerprint density at radius 2 is 2.22 bits per heavy atom. The van der Waals surface area contributed by atoms with Crippen LogP contribution in [-0.2, 0) is 19.5 Å². The van der Waals surface area contributed by atoms with Crippen LogP contribution in [0.4, 0.5) is 0 Å². The van der Waals surface area contributed by atoms with Gasteiger partial charge in [-0.2, -0.15) is 0 Å². The molecule has 0 aliphatic rings. The molecule has 2 heterocycles. The Balaban J connectivity index is 1.80. The van der Waals surface area contributed by atoms with Crippen molar-refractivity contribution in [2.24, 2.45) is 0 Å². The molecule has 2 aromatic heterocycles. The topological polar surface area (TPSA) is 34.0 Å². The van der Waals surface area contributed by atoms with Gasteiger partial charge in [0.05, 0.1) is 0 Å². The molecule has 0 aliphatic carbocycles. The largest absolute Gasteiger partial charge is 0.314 e. The van der Waals surface area contributed by atoms with Gasteiger partial charge in [-0.1, -0.05) is 13.0 Å². The van der Waals surface area contributed by atoms with Crippen LogP contribution in [0.15, 0.2) is 40.6 Å². The molecule has 0 aliphatic heterocycles. The van der Waals surface area contributed by atoms with Crippen LogP contribution in [0.1, 0.15) is 17.4 Å². The Morgan fingerprint density at radius 3 is 3.00 bits per heavy atom. The van der Waals surface area contributed by atoms with Gasteiger partial charge in [-0.05, 0) is 29.5 Å². The Hall–Kier alpha value is -1.39. The smallest absolute Gasteiger partial charge is 0.250 e. The second-order valence-electron chi connectivity index (χ2n) is 4.13. The zero-order valence-electron chi connectivity index (χ0n) is 10.6. The molecule has 0 spiro atoms. The number of nitrogens with zero attached hydrogens (tertiary/aromatic N) is 1. The minimum absolute atomic E-state index is 0.0599. The van der Waals surface area contributed by atoms with E-state index < -0.39 is 0 Å². The van der Waals surface area contributed by atoms with Crippen LogP contribution < -0.4 is 10.9 Å². The van der Waals surface area contributed by atoms with Crippen molar-refractivity contribution >= 4 is 11.3 Å². The number of hydrogen-bond acceptors (Lipinski definition) is 3. The molecule has 2 aromatic rings. The Labute approximate surface area is 111 Å². The van der Waals surface area contributed by atoms with Crippen LogP contribution in [0.3, 0.4) is 0 Å². The molecule has 2 rings (SSSR count). The number of nitrogens with one attached hydrogen (secondary N) is 1. The van der Waals surface area contributed by atoms with Crippen molar-refractivity contribution < 1.29 is 0 Å². The van der Waals surface area contributed by atoms with Gasteiger partial charge in [-0.25, -0.2) is 0 Å². The molecule has 3 nitrogen and oxygen atoms in total. The van der Waals surface area contributed by atoms with E-state index in [1.54, 1.807) is 28.0 Å². The molecule has 0 saturated heterocycles. The average Bonchev–Trinajstić information content (AvgIpc) is 2.84. The van der Waals surface area contributed by atoms with Crippen LogP contribution in [0, 0.1) is 0 Å². The number of aromatic nitrogens is 1. The summed E-state index contributed by atoms with van der Waals surface area (Å²) in [7, 11) is 0. The van der Waals surface area contributed by atoms with Gasteiger partial charge in [0.25, 0.3) is 5.56 Å². The molecule has 0 unspecified atom stereocenters. The van der Waals surface area contributed by atoms with E-state index in [-0.39, 0.29) is 5.56 Å². The van der Waals surface area contributed by atoms with E-state index in [2.05, 4.69) is 23.7 Å². The summed E-state index contributed by atoms with van der Waals surface area (Å²) in [5, 5.41) is 5.53. The number of aryl methyl sites for hydroxylation is 1. The number of rotatable bonds is 6. The quantitative estimate of drug-likeness (QED) is 0.810. The highest BCUT2D eigenvalue weighted by Gasteiger charge is 2.01. The summed E-state index contributed by atoms with van der Waals surface area (Å²) >= 11 is 1.79. The standard InChI is InChI=1S/C14H18N2OS/c1-2-12-6-10-18-13(12)11-15-7-9-16-8-4-3-5-14(16)17/h3-6,8,10,15H,2,7,9,11H2,1H3. The molecule has 18 heavy (non-hydrogen) atoms. The van der Waals surface area contributed by atoms with Crippen LogP contribution in [0.25, 0.3) is 0 Å². The van der Waals surface area contributed by atoms with Crippen molar-refractivity contribution in [2.75, 3.05) is 6.54 Å². The van der Waals surface area contributed by atoms with Crippen molar-refractivity contribution in [1.82, 2.24) is 9.88 Å². The van der Waals surface area contributed by atoms with Crippen molar-refractivity contribution in [3.8, 4) is 0 Å². The fraction of sp³-hybridized carbons (Fsp3) is 0.357. The molecule has 0 fully saturated rings. The third-order valence-corrected chi connectivity index (χ3v) is 3.90. The summed E-state index contributed by atoms with van der Waals surface area (Å²) < 4.78 is 1.72. The molecule has 0 radical (unpaired) electrons. The van der Waals surface area contributed by atoms with E-state index in [9.17, 15) is 4.79 Å². The molecule has 0 amide bonds. The maximum atomic E-state index is 11.5. The Bertz CT molecular complexity index is 544. The molecule has 4 heteroatoms. The molecule has 0 atom stereocenters. The zero-order chi connectivity index (χ0) is 12.8. The van der Waals surface area contributed by atoms with E-state index >= 15 is 0 Å². The lowest BCUT2D eigenvalue weighted by molar-refractivity contribution is 0.586. The van der Waals surface area contributed by atoms with Crippen molar-refractivity contribution in [3.05, 3.63) is 56.6 Å². The summed E-state index contributed by atoms with van der Waals surface area (Å²) in [6.07, 6.45) is 2.91. The van der Waals surface area contributed by atoms with Gasteiger partial charge in [0.15, 0.2) is 0 Å². The minimum atomic E-state index is 0.0599. The average molecular weight is 262 g/mol. The highest BCUT2D eigenvalue weighted by atomic mass is 32.1. The first kappa shape index (κ1) is 13.1. The van der Waals surface area contributed by atoms with Crippen LogP contribution >= 0.6 is 11.3 Å². The fourth-order valence-electron chi connectivity index (χ4n) is 1.88. The summed E-state index contributed by atoms with van der Waals surface area (Å²) in [6, 6.07) is 7.43. The van der Waals surface area contributed by atoms with Crippen molar-refractivity contribution in [2.45, 2.75) is 26.4 Å². The highest BCUT2D eigenvalue weighted by Crippen LogP contribution is 2.16. The predicted octanol–water partition coefficient (Wildman–Crippen LogP) is 2.26. The van der Waals surface area contributed by atoms with Gasteiger partial charge in [0, 0.05) is 36.8 Å². The molecule has 1 N–H and O–H groups in total. The molecule has 96 valence electrons. The Morgan fingerprint density at radius 1 is 1.33 bits per heavy atom. The minimum Gasteiger partial charge on any atom is -0.314 e. The molecular formula is C14H18N2OS. The first-order chi connectivity index (χ1) is 8.81. The zero-order valence-corrected chi connectivity index (χ0v) is 11.4. The maximum absolute atomic E-state index is 11.5. The maximum Gasteiger partial charge on any atom is 0.250 e. The van der Waals surface area contributed by atoms with Crippen LogP contribution in [0.2, 0.25) is 0 Å². The lowest BCUT2D eigenvalue weighted by Crippen LogP contribution is -2.25.